The second-order valence-corrected chi connectivity index (χ2v) is 8.74. The van der Waals surface area contributed by atoms with Gasteiger partial charge in [-0.2, -0.15) is 4.31 Å². The third-order valence-electron chi connectivity index (χ3n) is 4.51. The molecule has 0 radical (unpaired) electrons. The Morgan fingerprint density at radius 1 is 1.00 bits per heavy atom. The van der Waals surface area contributed by atoms with Gasteiger partial charge in [-0.1, -0.05) is 36.4 Å². The molecule has 162 valence electrons. The van der Waals surface area contributed by atoms with Gasteiger partial charge in [0.15, 0.2) is 0 Å². The van der Waals surface area contributed by atoms with Crippen molar-refractivity contribution in [2.75, 3.05) is 13.2 Å². The SMILES string of the molecule is CCOc1ccc(S(=O)(=O)N(CC(=O)NCc2cccnc2)Cc2ccccc2)cc1. The molecule has 0 aliphatic rings. The monoisotopic (exact) mass is 439 g/mol. The molecule has 3 rings (SSSR count). The number of carbonyl (C=O) groups is 1. The van der Waals surface area contributed by atoms with Gasteiger partial charge in [0.25, 0.3) is 0 Å². The zero-order valence-corrected chi connectivity index (χ0v) is 18.1. The van der Waals surface area contributed by atoms with Gasteiger partial charge < -0.3 is 10.1 Å². The summed E-state index contributed by atoms with van der Waals surface area (Å²) in [7, 11) is -3.90. The molecule has 1 amide bonds. The van der Waals surface area contributed by atoms with E-state index in [0.717, 1.165) is 11.1 Å². The van der Waals surface area contributed by atoms with Gasteiger partial charge in [0.1, 0.15) is 5.75 Å². The molecule has 1 heterocycles. The maximum Gasteiger partial charge on any atom is 0.243 e. The largest absolute Gasteiger partial charge is 0.494 e. The number of ether oxygens (including phenoxy) is 1. The van der Waals surface area contributed by atoms with Gasteiger partial charge in [-0.3, -0.25) is 9.78 Å². The molecular formula is C23H25N3O4S. The van der Waals surface area contributed by atoms with E-state index in [1.54, 1.807) is 30.6 Å². The lowest BCUT2D eigenvalue weighted by Crippen LogP contribution is -2.40. The van der Waals surface area contributed by atoms with Crippen molar-refractivity contribution in [3.8, 4) is 5.75 Å². The van der Waals surface area contributed by atoms with Crippen molar-refractivity contribution in [3.63, 3.8) is 0 Å². The second kappa shape index (κ2) is 10.7. The molecule has 0 spiro atoms. The van der Waals surface area contributed by atoms with Crippen molar-refractivity contribution in [2.24, 2.45) is 0 Å². The van der Waals surface area contributed by atoms with Crippen LogP contribution >= 0.6 is 0 Å². The predicted octanol–water partition coefficient (Wildman–Crippen LogP) is 2.99. The van der Waals surface area contributed by atoms with Gasteiger partial charge in [-0.15, -0.1) is 0 Å². The van der Waals surface area contributed by atoms with Crippen molar-refractivity contribution >= 4 is 15.9 Å². The summed E-state index contributed by atoms with van der Waals surface area (Å²) in [4.78, 5) is 16.7. The molecule has 1 N–H and O–H groups in total. The summed E-state index contributed by atoms with van der Waals surface area (Å²) in [5, 5.41) is 2.76. The molecule has 3 aromatic rings. The van der Waals surface area contributed by atoms with Crippen LogP contribution in [0.4, 0.5) is 0 Å². The second-order valence-electron chi connectivity index (χ2n) is 6.80. The molecule has 7 nitrogen and oxygen atoms in total. The Morgan fingerprint density at radius 2 is 1.71 bits per heavy atom. The molecule has 0 saturated carbocycles. The molecule has 2 aromatic carbocycles. The maximum absolute atomic E-state index is 13.3. The van der Waals surface area contributed by atoms with Crippen LogP contribution in [-0.2, 0) is 27.9 Å². The van der Waals surface area contributed by atoms with Crippen LogP contribution in [0.3, 0.4) is 0 Å². The van der Waals surface area contributed by atoms with Crippen LogP contribution in [0.2, 0.25) is 0 Å². The molecule has 1 aromatic heterocycles. The van der Waals surface area contributed by atoms with E-state index in [2.05, 4.69) is 10.3 Å². The molecule has 8 heteroatoms. The van der Waals surface area contributed by atoms with Gasteiger partial charge in [-0.25, -0.2) is 8.42 Å². The first kappa shape index (κ1) is 22.5. The molecule has 0 fully saturated rings. The first-order chi connectivity index (χ1) is 15.0. The number of nitrogens with zero attached hydrogens (tertiary/aromatic N) is 2. The summed E-state index contributed by atoms with van der Waals surface area (Å²) in [5.41, 5.74) is 1.62. The Hall–Kier alpha value is -3.23. The Kier molecular flexibility index (Phi) is 7.75. The number of pyridine rings is 1. The maximum atomic E-state index is 13.3. The number of hydrogen-bond donors (Lipinski definition) is 1. The van der Waals surface area contributed by atoms with Gasteiger partial charge in [-0.05, 0) is 48.4 Å². The summed E-state index contributed by atoms with van der Waals surface area (Å²) >= 11 is 0. The highest BCUT2D eigenvalue weighted by Gasteiger charge is 2.27. The minimum absolute atomic E-state index is 0.0801. The summed E-state index contributed by atoms with van der Waals surface area (Å²) in [6.07, 6.45) is 3.30. The minimum Gasteiger partial charge on any atom is -0.494 e. The lowest BCUT2D eigenvalue weighted by Gasteiger charge is -2.22. The Labute approximate surface area is 182 Å². The molecular weight excluding hydrogens is 414 g/mol. The van der Waals surface area contributed by atoms with Crippen LogP contribution in [0.1, 0.15) is 18.1 Å². The van der Waals surface area contributed by atoms with Gasteiger partial charge in [0.2, 0.25) is 15.9 Å². The number of benzene rings is 2. The minimum atomic E-state index is -3.90. The fourth-order valence-corrected chi connectivity index (χ4v) is 4.34. The summed E-state index contributed by atoms with van der Waals surface area (Å²) in [6.45, 7) is 2.40. The Balaban J connectivity index is 1.78. The standard InChI is InChI=1S/C23H25N3O4S/c1-2-30-21-10-12-22(13-11-21)31(28,29)26(17-19-7-4-3-5-8-19)18-23(27)25-16-20-9-6-14-24-15-20/h3-15H,2,16-18H2,1H3,(H,25,27). The van der Waals surface area contributed by atoms with Crippen LogP contribution in [0.25, 0.3) is 0 Å². The zero-order valence-electron chi connectivity index (χ0n) is 17.3. The molecule has 0 aliphatic carbocycles. The van der Waals surface area contributed by atoms with Crippen LogP contribution < -0.4 is 10.1 Å². The lowest BCUT2D eigenvalue weighted by atomic mass is 10.2. The van der Waals surface area contributed by atoms with Crippen LogP contribution in [-0.4, -0.2) is 36.8 Å². The number of sulfonamides is 1. The number of amides is 1. The smallest absolute Gasteiger partial charge is 0.243 e. The quantitative estimate of drug-likeness (QED) is 0.525. The van der Waals surface area contributed by atoms with Crippen molar-refractivity contribution in [3.05, 3.63) is 90.3 Å². The highest BCUT2D eigenvalue weighted by atomic mass is 32.2. The molecule has 0 saturated heterocycles. The number of aromatic nitrogens is 1. The summed E-state index contributed by atoms with van der Waals surface area (Å²) < 4.78 is 33.2. The zero-order chi connectivity index (χ0) is 22.1. The van der Waals surface area contributed by atoms with E-state index in [9.17, 15) is 13.2 Å². The van der Waals surface area contributed by atoms with Gasteiger partial charge in [0, 0.05) is 25.5 Å². The number of rotatable bonds is 10. The number of nitrogens with one attached hydrogen (secondary N) is 1. The van der Waals surface area contributed by atoms with Crippen molar-refractivity contribution in [1.29, 1.82) is 0 Å². The lowest BCUT2D eigenvalue weighted by molar-refractivity contribution is -0.121. The summed E-state index contributed by atoms with van der Waals surface area (Å²) in [5.74, 6) is 0.194. The van der Waals surface area contributed by atoms with E-state index in [1.165, 1.54) is 16.4 Å². The molecule has 0 atom stereocenters. The Bertz CT molecular complexity index is 1070. The molecule has 0 bridgehead atoms. The third-order valence-corrected chi connectivity index (χ3v) is 6.31. The van der Waals surface area contributed by atoms with E-state index in [0.29, 0.717) is 12.4 Å². The average molecular weight is 440 g/mol. The third kappa shape index (κ3) is 6.37. The average Bonchev–Trinajstić information content (AvgIpc) is 2.79. The van der Waals surface area contributed by atoms with E-state index >= 15 is 0 Å². The van der Waals surface area contributed by atoms with Crippen molar-refractivity contribution in [2.45, 2.75) is 24.9 Å². The van der Waals surface area contributed by atoms with Crippen LogP contribution in [0.15, 0.2) is 84.0 Å². The molecule has 31 heavy (non-hydrogen) atoms. The van der Waals surface area contributed by atoms with Crippen molar-refractivity contribution < 1.29 is 17.9 Å². The molecule has 0 unspecified atom stereocenters. The van der Waals surface area contributed by atoms with E-state index in [1.807, 2.05) is 43.3 Å². The fourth-order valence-electron chi connectivity index (χ4n) is 2.96. The highest BCUT2D eigenvalue weighted by Crippen LogP contribution is 2.21. The van der Waals surface area contributed by atoms with Gasteiger partial charge in [0.05, 0.1) is 18.0 Å². The fraction of sp³-hybridized carbons (Fsp3) is 0.217. The van der Waals surface area contributed by atoms with Crippen molar-refractivity contribution in [1.82, 2.24) is 14.6 Å². The predicted molar refractivity (Wildman–Crippen MR) is 118 cm³/mol. The first-order valence-electron chi connectivity index (χ1n) is 9.91. The Morgan fingerprint density at radius 3 is 2.35 bits per heavy atom. The molecule has 0 aliphatic heterocycles. The normalized spacial score (nSPS) is 11.3. The van der Waals surface area contributed by atoms with E-state index < -0.39 is 15.9 Å². The van der Waals surface area contributed by atoms with E-state index in [4.69, 9.17) is 4.74 Å². The van der Waals surface area contributed by atoms with Crippen LogP contribution in [0, 0.1) is 0 Å². The van der Waals surface area contributed by atoms with Crippen LogP contribution in [0.5, 0.6) is 5.75 Å². The topological polar surface area (TPSA) is 88.6 Å². The van der Waals surface area contributed by atoms with E-state index in [-0.39, 0.29) is 24.5 Å². The van der Waals surface area contributed by atoms with Gasteiger partial charge >= 0.3 is 0 Å². The summed E-state index contributed by atoms with van der Waals surface area (Å²) in [6, 6.07) is 19.0. The number of carbonyl (C=O) groups excluding carboxylic acids is 1. The first-order valence-corrected chi connectivity index (χ1v) is 11.4. The highest BCUT2D eigenvalue weighted by molar-refractivity contribution is 7.89. The number of hydrogen-bond acceptors (Lipinski definition) is 5.